The minimum absolute atomic E-state index is 0.0825. The van der Waals surface area contributed by atoms with Gasteiger partial charge < -0.3 is 9.52 Å². The zero-order valence-corrected chi connectivity index (χ0v) is 9.14. The monoisotopic (exact) mass is 230 g/mol. The maximum absolute atomic E-state index is 11.9. The average Bonchev–Trinajstić information content (AvgIpc) is 2.75. The molecule has 2 rings (SSSR count). The van der Waals surface area contributed by atoms with Gasteiger partial charge in [-0.25, -0.2) is 4.79 Å². The predicted octanol–water partition coefficient (Wildman–Crippen LogP) is 2.52. The SMILES string of the molecule is Cc1ccc(C(=O)c2cccc(C(=O)O)c2)o1. The van der Waals surface area contributed by atoms with Crippen molar-refractivity contribution in [3.05, 3.63) is 59.0 Å². The number of carbonyl (C=O) groups excluding carboxylic acids is 1. The largest absolute Gasteiger partial charge is 0.478 e. The van der Waals surface area contributed by atoms with E-state index in [1.165, 1.54) is 18.2 Å². The molecule has 0 saturated carbocycles. The number of carboxylic acids is 1. The van der Waals surface area contributed by atoms with Gasteiger partial charge in [0.1, 0.15) is 5.76 Å². The van der Waals surface area contributed by atoms with E-state index in [2.05, 4.69) is 0 Å². The van der Waals surface area contributed by atoms with Crippen molar-refractivity contribution in [3.63, 3.8) is 0 Å². The number of benzene rings is 1. The van der Waals surface area contributed by atoms with Gasteiger partial charge in [0.25, 0.3) is 0 Å². The fourth-order valence-electron chi connectivity index (χ4n) is 1.49. The van der Waals surface area contributed by atoms with Gasteiger partial charge in [-0.3, -0.25) is 4.79 Å². The lowest BCUT2D eigenvalue weighted by Crippen LogP contribution is -2.03. The Hall–Kier alpha value is -2.36. The molecule has 0 fully saturated rings. The van der Waals surface area contributed by atoms with Gasteiger partial charge in [0.15, 0.2) is 5.76 Å². The number of ketones is 1. The van der Waals surface area contributed by atoms with E-state index in [-0.39, 0.29) is 17.1 Å². The molecule has 4 heteroatoms. The van der Waals surface area contributed by atoms with Crippen LogP contribution in [-0.2, 0) is 0 Å². The highest BCUT2D eigenvalue weighted by atomic mass is 16.4. The molecule has 0 aliphatic carbocycles. The summed E-state index contributed by atoms with van der Waals surface area (Å²) in [6.45, 7) is 1.74. The van der Waals surface area contributed by atoms with E-state index < -0.39 is 5.97 Å². The van der Waals surface area contributed by atoms with Crippen LogP contribution in [0.25, 0.3) is 0 Å². The van der Waals surface area contributed by atoms with E-state index in [1.54, 1.807) is 25.1 Å². The molecule has 0 radical (unpaired) electrons. The number of carboxylic acid groups (broad SMARTS) is 1. The Morgan fingerprint density at radius 3 is 2.41 bits per heavy atom. The van der Waals surface area contributed by atoms with Gasteiger partial charge in [-0.15, -0.1) is 0 Å². The lowest BCUT2D eigenvalue weighted by molar-refractivity contribution is 0.0697. The van der Waals surface area contributed by atoms with Crippen LogP contribution in [-0.4, -0.2) is 16.9 Å². The van der Waals surface area contributed by atoms with Crippen LogP contribution in [0.1, 0.15) is 32.2 Å². The van der Waals surface area contributed by atoms with E-state index >= 15 is 0 Å². The molecule has 17 heavy (non-hydrogen) atoms. The standard InChI is InChI=1S/C13H10O4/c1-8-5-6-11(17-8)12(14)9-3-2-4-10(7-9)13(15)16/h2-7H,1H3,(H,15,16). The second kappa shape index (κ2) is 4.25. The number of carbonyl (C=O) groups is 2. The second-order valence-corrected chi connectivity index (χ2v) is 3.63. The molecular weight excluding hydrogens is 220 g/mol. The molecule has 1 N–H and O–H groups in total. The number of aromatic carboxylic acids is 1. The Balaban J connectivity index is 2.37. The van der Waals surface area contributed by atoms with Gasteiger partial charge in [-0.1, -0.05) is 12.1 Å². The van der Waals surface area contributed by atoms with Crippen molar-refractivity contribution in [3.8, 4) is 0 Å². The Labute approximate surface area is 97.5 Å². The summed E-state index contributed by atoms with van der Waals surface area (Å²) in [4.78, 5) is 22.7. The zero-order valence-electron chi connectivity index (χ0n) is 9.14. The van der Waals surface area contributed by atoms with Gasteiger partial charge >= 0.3 is 5.97 Å². The maximum atomic E-state index is 11.9. The molecule has 0 unspecified atom stereocenters. The van der Waals surface area contributed by atoms with Crippen molar-refractivity contribution in [1.82, 2.24) is 0 Å². The molecular formula is C13H10O4. The molecule has 1 aromatic heterocycles. The van der Waals surface area contributed by atoms with E-state index in [4.69, 9.17) is 9.52 Å². The normalized spacial score (nSPS) is 10.2. The number of hydrogen-bond acceptors (Lipinski definition) is 3. The maximum Gasteiger partial charge on any atom is 0.335 e. The molecule has 4 nitrogen and oxygen atoms in total. The highest BCUT2D eigenvalue weighted by molar-refractivity contribution is 6.08. The summed E-state index contributed by atoms with van der Waals surface area (Å²) in [6, 6.07) is 9.13. The second-order valence-electron chi connectivity index (χ2n) is 3.63. The third kappa shape index (κ3) is 2.25. The van der Waals surface area contributed by atoms with Crippen LogP contribution in [0, 0.1) is 6.92 Å². The first-order chi connectivity index (χ1) is 8.08. The van der Waals surface area contributed by atoms with Crippen molar-refractivity contribution in [2.45, 2.75) is 6.92 Å². The zero-order chi connectivity index (χ0) is 12.4. The van der Waals surface area contributed by atoms with E-state index in [0.29, 0.717) is 11.3 Å². The number of aryl methyl sites for hydroxylation is 1. The minimum Gasteiger partial charge on any atom is -0.478 e. The topological polar surface area (TPSA) is 67.5 Å². The van der Waals surface area contributed by atoms with Crippen molar-refractivity contribution in [2.24, 2.45) is 0 Å². The van der Waals surface area contributed by atoms with Gasteiger partial charge in [-0.05, 0) is 31.2 Å². The molecule has 0 aliphatic rings. The fraction of sp³-hybridized carbons (Fsp3) is 0.0769. The molecule has 0 atom stereocenters. The highest BCUT2D eigenvalue weighted by Gasteiger charge is 2.14. The van der Waals surface area contributed by atoms with Crippen LogP contribution < -0.4 is 0 Å². The lowest BCUT2D eigenvalue weighted by atomic mass is 10.1. The first-order valence-electron chi connectivity index (χ1n) is 5.02. The van der Waals surface area contributed by atoms with Gasteiger partial charge in [0, 0.05) is 5.56 Å². The molecule has 2 aromatic rings. The Kier molecular flexibility index (Phi) is 2.78. The summed E-state index contributed by atoms with van der Waals surface area (Å²) >= 11 is 0. The Morgan fingerprint density at radius 2 is 1.82 bits per heavy atom. The smallest absolute Gasteiger partial charge is 0.335 e. The van der Waals surface area contributed by atoms with Crippen molar-refractivity contribution in [1.29, 1.82) is 0 Å². The van der Waals surface area contributed by atoms with Crippen LogP contribution in [0.2, 0.25) is 0 Å². The molecule has 86 valence electrons. The summed E-state index contributed by atoms with van der Waals surface area (Å²) in [5, 5.41) is 8.83. The van der Waals surface area contributed by atoms with E-state index in [0.717, 1.165) is 0 Å². The van der Waals surface area contributed by atoms with Crippen LogP contribution in [0.3, 0.4) is 0 Å². The van der Waals surface area contributed by atoms with Gasteiger partial charge in [-0.2, -0.15) is 0 Å². The number of rotatable bonds is 3. The molecule has 0 bridgehead atoms. The Morgan fingerprint density at radius 1 is 1.12 bits per heavy atom. The molecule has 1 aromatic carbocycles. The first-order valence-corrected chi connectivity index (χ1v) is 5.02. The molecule has 0 saturated heterocycles. The molecule has 1 heterocycles. The quantitative estimate of drug-likeness (QED) is 0.822. The van der Waals surface area contributed by atoms with Gasteiger partial charge in [0.2, 0.25) is 5.78 Å². The number of furan rings is 1. The van der Waals surface area contributed by atoms with E-state index in [9.17, 15) is 9.59 Å². The van der Waals surface area contributed by atoms with Crippen LogP contribution >= 0.6 is 0 Å². The number of hydrogen-bond donors (Lipinski definition) is 1. The average molecular weight is 230 g/mol. The fourth-order valence-corrected chi connectivity index (χ4v) is 1.49. The van der Waals surface area contributed by atoms with Crippen molar-refractivity contribution >= 4 is 11.8 Å². The predicted molar refractivity (Wildman–Crippen MR) is 60.3 cm³/mol. The summed E-state index contributed by atoms with van der Waals surface area (Å²) in [6.07, 6.45) is 0. The molecule has 0 spiro atoms. The third-order valence-corrected chi connectivity index (χ3v) is 2.34. The highest BCUT2D eigenvalue weighted by Crippen LogP contribution is 2.14. The van der Waals surface area contributed by atoms with Gasteiger partial charge in [0.05, 0.1) is 5.56 Å². The van der Waals surface area contributed by atoms with Crippen LogP contribution in [0.5, 0.6) is 0 Å². The van der Waals surface area contributed by atoms with E-state index in [1.807, 2.05) is 0 Å². The molecule has 0 amide bonds. The van der Waals surface area contributed by atoms with Crippen LogP contribution in [0.4, 0.5) is 0 Å². The first kappa shape index (κ1) is 11.1. The molecule has 0 aliphatic heterocycles. The summed E-state index contributed by atoms with van der Waals surface area (Å²) in [5.74, 6) is -0.524. The summed E-state index contributed by atoms with van der Waals surface area (Å²) in [5.41, 5.74) is 0.387. The third-order valence-electron chi connectivity index (χ3n) is 2.34. The minimum atomic E-state index is -1.06. The summed E-state index contributed by atoms with van der Waals surface area (Å²) in [7, 11) is 0. The van der Waals surface area contributed by atoms with Crippen molar-refractivity contribution in [2.75, 3.05) is 0 Å². The lowest BCUT2D eigenvalue weighted by Gasteiger charge is -1.99. The van der Waals surface area contributed by atoms with Crippen LogP contribution in [0.15, 0.2) is 40.8 Å². The summed E-state index contributed by atoms with van der Waals surface area (Å²) < 4.78 is 5.20. The Bertz CT molecular complexity index is 581. The van der Waals surface area contributed by atoms with Crippen molar-refractivity contribution < 1.29 is 19.1 Å².